The third-order valence-corrected chi connectivity index (χ3v) is 4.17. The van der Waals surface area contributed by atoms with E-state index in [2.05, 4.69) is 42.4 Å². The van der Waals surface area contributed by atoms with Crippen LogP contribution in [0.3, 0.4) is 0 Å². The zero-order valence-electron chi connectivity index (χ0n) is 8.50. The number of hydrogen-bond acceptors (Lipinski definition) is 2. The van der Waals surface area contributed by atoms with E-state index in [0.29, 0.717) is 15.0 Å². The van der Waals surface area contributed by atoms with E-state index in [1.165, 1.54) is 26.9 Å². The molecule has 1 aromatic rings. The summed E-state index contributed by atoms with van der Waals surface area (Å²) in [5, 5.41) is 4.71. The molecule has 74 valence electrons. The molecule has 0 atom stereocenters. The normalized spacial score (nSPS) is 15.4. The van der Waals surface area contributed by atoms with Gasteiger partial charge in [0.2, 0.25) is 0 Å². The van der Waals surface area contributed by atoms with Crippen LogP contribution in [0.1, 0.15) is 11.1 Å². The molecule has 2 nitrogen and oxygen atoms in total. The van der Waals surface area contributed by atoms with Gasteiger partial charge in [-0.3, -0.25) is 0 Å². The number of nitrogens with one attached hydrogen (secondary N) is 1. The Morgan fingerprint density at radius 2 is 2.00 bits per heavy atom. The van der Waals surface area contributed by atoms with E-state index in [1.54, 1.807) is 0 Å². The first-order chi connectivity index (χ1) is 6.77. The molecule has 0 aromatic heterocycles. The van der Waals surface area contributed by atoms with Gasteiger partial charge >= 0.3 is 90.7 Å². The Bertz CT molecular complexity index is 351. The molecule has 0 saturated carbocycles. The molecule has 3 heteroatoms. The van der Waals surface area contributed by atoms with Crippen molar-refractivity contribution < 1.29 is 0 Å². The monoisotopic (exact) mass is 254 g/mol. The molecule has 1 aliphatic rings. The SMILES string of the molecule is Cc1cccc(C)c1NC1=NCC[Se]1. The first-order valence-electron chi connectivity index (χ1n) is 4.78. The van der Waals surface area contributed by atoms with Gasteiger partial charge in [0.15, 0.2) is 0 Å². The summed E-state index contributed by atoms with van der Waals surface area (Å²) < 4.78 is 1.20. The Morgan fingerprint density at radius 3 is 2.57 bits per heavy atom. The zero-order valence-corrected chi connectivity index (χ0v) is 10.2. The Kier molecular flexibility index (Phi) is 2.90. The zero-order chi connectivity index (χ0) is 9.97. The van der Waals surface area contributed by atoms with Gasteiger partial charge in [-0.25, -0.2) is 0 Å². The van der Waals surface area contributed by atoms with E-state index in [-0.39, 0.29) is 0 Å². The van der Waals surface area contributed by atoms with Gasteiger partial charge in [0.1, 0.15) is 0 Å². The summed E-state index contributed by atoms with van der Waals surface area (Å²) in [4.78, 5) is 4.45. The van der Waals surface area contributed by atoms with Crippen molar-refractivity contribution in [1.82, 2.24) is 0 Å². The maximum absolute atomic E-state index is 4.45. The van der Waals surface area contributed by atoms with Gasteiger partial charge in [-0.15, -0.1) is 0 Å². The van der Waals surface area contributed by atoms with E-state index in [0.717, 1.165) is 6.54 Å². The molecule has 2 rings (SSSR count). The third kappa shape index (κ3) is 1.99. The van der Waals surface area contributed by atoms with Gasteiger partial charge in [0, 0.05) is 0 Å². The molecule has 1 N–H and O–H groups in total. The fourth-order valence-electron chi connectivity index (χ4n) is 1.53. The van der Waals surface area contributed by atoms with Gasteiger partial charge < -0.3 is 0 Å². The number of rotatable bonds is 1. The van der Waals surface area contributed by atoms with Crippen LogP contribution in [-0.4, -0.2) is 26.2 Å². The van der Waals surface area contributed by atoms with Gasteiger partial charge in [-0.2, -0.15) is 0 Å². The van der Waals surface area contributed by atoms with E-state index < -0.39 is 0 Å². The maximum atomic E-state index is 4.45. The van der Waals surface area contributed by atoms with Crippen molar-refractivity contribution in [2.45, 2.75) is 19.2 Å². The summed E-state index contributed by atoms with van der Waals surface area (Å²) >= 11 is 0.564. The molecule has 0 bridgehead atoms. The van der Waals surface area contributed by atoms with Crippen LogP contribution in [0.2, 0.25) is 5.32 Å². The second kappa shape index (κ2) is 4.16. The minimum atomic E-state index is 0.564. The molecule has 1 aromatic carbocycles. The Balaban J connectivity index is 2.23. The van der Waals surface area contributed by atoms with E-state index in [9.17, 15) is 0 Å². The predicted octanol–water partition coefficient (Wildman–Crippen LogP) is 2.21. The molecule has 0 saturated heterocycles. The summed E-state index contributed by atoms with van der Waals surface area (Å²) in [6.45, 7) is 5.28. The van der Waals surface area contributed by atoms with Crippen LogP contribution in [-0.2, 0) is 0 Å². The van der Waals surface area contributed by atoms with Crippen LogP contribution in [0.4, 0.5) is 5.69 Å². The first kappa shape index (κ1) is 9.75. The molecule has 0 radical (unpaired) electrons. The quantitative estimate of drug-likeness (QED) is 0.762. The second-order valence-corrected chi connectivity index (χ2v) is 5.70. The molecule has 0 spiro atoms. The predicted molar refractivity (Wildman–Crippen MR) is 62.4 cm³/mol. The van der Waals surface area contributed by atoms with Crippen LogP contribution in [0, 0.1) is 13.8 Å². The standard InChI is InChI=1S/C11H14N2Se/c1-8-4-3-5-9(2)10(8)13-11-12-6-7-14-11/h3-5H,6-7H2,1-2H3,(H,12,13). The van der Waals surface area contributed by atoms with Crippen molar-refractivity contribution in [2.75, 3.05) is 11.9 Å². The average molecular weight is 253 g/mol. The number of hydrogen-bond donors (Lipinski definition) is 1. The summed E-state index contributed by atoms with van der Waals surface area (Å²) in [7, 11) is 0. The van der Waals surface area contributed by atoms with Crippen LogP contribution >= 0.6 is 0 Å². The van der Waals surface area contributed by atoms with Crippen molar-refractivity contribution in [3.63, 3.8) is 0 Å². The van der Waals surface area contributed by atoms with Gasteiger partial charge in [-0.1, -0.05) is 0 Å². The number of aryl methyl sites for hydroxylation is 2. The molecule has 1 aliphatic heterocycles. The van der Waals surface area contributed by atoms with Gasteiger partial charge in [0.25, 0.3) is 0 Å². The van der Waals surface area contributed by atoms with E-state index >= 15 is 0 Å². The van der Waals surface area contributed by atoms with Crippen LogP contribution in [0.5, 0.6) is 0 Å². The Morgan fingerprint density at radius 1 is 1.29 bits per heavy atom. The summed E-state index contributed by atoms with van der Waals surface area (Å²) in [6.07, 6.45) is 0. The number of nitrogens with zero attached hydrogens (tertiary/aromatic N) is 1. The molecule has 0 fully saturated rings. The van der Waals surface area contributed by atoms with Crippen molar-refractivity contribution >= 4 is 25.4 Å². The van der Waals surface area contributed by atoms with Crippen LogP contribution in [0.25, 0.3) is 0 Å². The van der Waals surface area contributed by atoms with Gasteiger partial charge in [-0.05, 0) is 0 Å². The van der Waals surface area contributed by atoms with E-state index in [4.69, 9.17) is 0 Å². The number of para-hydroxylation sites is 1. The van der Waals surface area contributed by atoms with Crippen LogP contribution < -0.4 is 5.32 Å². The van der Waals surface area contributed by atoms with E-state index in [1.807, 2.05) is 0 Å². The fraction of sp³-hybridized carbons (Fsp3) is 0.364. The summed E-state index contributed by atoms with van der Waals surface area (Å²) in [6, 6.07) is 6.37. The third-order valence-electron chi connectivity index (χ3n) is 2.30. The average Bonchev–Trinajstić information content (AvgIpc) is 2.64. The summed E-state index contributed by atoms with van der Waals surface area (Å²) in [5.74, 6) is 0. The number of anilines is 1. The minimum absolute atomic E-state index is 0.564. The number of aliphatic imine (C=N–C) groups is 1. The molecule has 14 heavy (non-hydrogen) atoms. The number of benzene rings is 1. The van der Waals surface area contributed by atoms with Gasteiger partial charge in [0.05, 0.1) is 0 Å². The fourth-order valence-corrected chi connectivity index (χ4v) is 3.07. The molecule has 0 aliphatic carbocycles. The molecular formula is C11H14N2Se. The molecular weight excluding hydrogens is 239 g/mol. The Hall–Kier alpha value is -0.791. The molecule has 0 amide bonds. The van der Waals surface area contributed by atoms with Crippen molar-refractivity contribution in [1.29, 1.82) is 0 Å². The van der Waals surface area contributed by atoms with Crippen molar-refractivity contribution in [3.05, 3.63) is 29.3 Å². The topological polar surface area (TPSA) is 24.4 Å². The van der Waals surface area contributed by atoms with Crippen LogP contribution in [0.15, 0.2) is 23.2 Å². The number of amidine groups is 1. The van der Waals surface area contributed by atoms with Crippen molar-refractivity contribution in [2.24, 2.45) is 4.99 Å². The second-order valence-electron chi connectivity index (χ2n) is 3.43. The first-order valence-corrected chi connectivity index (χ1v) is 6.84. The van der Waals surface area contributed by atoms with Crippen molar-refractivity contribution in [3.8, 4) is 0 Å². The molecule has 0 unspecified atom stereocenters. The molecule has 1 heterocycles. The Labute approximate surface area is 91.0 Å². The summed E-state index contributed by atoms with van der Waals surface area (Å²) in [5.41, 5.74) is 3.85.